The maximum Gasteiger partial charge on any atom is 0.231 e. The quantitative estimate of drug-likeness (QED) is 0.684. The molecule has 0 spiro atoms. The minimum Gasteiger partial charge on any atom is -0.454 e. The normalized spacial score (nSPS) is 20.6. The summed E-state index contributed by atoms with van der Waals surface area (Å²) in [5.74, 6) is 1.95. The summed E-state index contributed by atoms with van der Waals surface area (Å²) in [6.45, 7) is 0.309. The van der Waals surface area contributed by atoms with E-state index in [4.69, 9.17) is 9.47 Å². The van der Waals surface area contributed by atoms with Crippen LogP contribution >= 0.6 is 0 Å². The van der Waals surface area contributed by atoms with Crippen molar-refractivity contribution in [3.05, 3.63) is 28.8 Å². The van der Waals surface area contributed by atoms with Crippen LogP contribution in [0.15, 0.2) is 17.7 Å². The highest BCUT2D eigenvalue weighted by Crippen LogP contribution is 2.45. The fourth-order valence-electron chi connectivity index (χ4n) is 3.00. The number of benzene rings is 1. The van der Waals surface area contributed by atoms with Crippen LogP contribution in [0.5, 0.6) is 11.5 Å². The summed E-state index contributed by atoms with van der Waals surface area (Å²) in [5, 5.41) is 0. The molecular formula is C14H12O3. The van der Waals surface area contributed by atoms with E-state index < -0.39 is 0 Å². The lowest BCUT2D eigenvalue weighted by atomic mass is 9.91. The lowest BCUT2D eigenvalue weighted by molar-refractivity contribution is -0.115. The molecule has 1 aromatic rings. The SMILES string of the molecule is O=C1CCCC2=C1Cc1cc3c(cc12)OCO3. The van der Waals surface area contributed by atoms with Crippen molar-refractivity contribution in [1.29, 1.82) is 0 Å². The van der Waals surface area contributed by atoms with Crippen LogP contribution in [0.3, 0.4) is 0 Å². The lowest BCUT2D eigenvalue weighted by Crippen LogP contribution is -2.08. The molecule has 2 aliphatic carbocycles. The van der Waals surface area contributed by atoms with Gasteiger partial charge in [-0.1, -0.05) is 0 Å². The lowest BCUT2D eigenvalue weighted by Gasteiger charge is -2.13. The molecule has 0 radical (unpaired) electrons. The number of rotatable bonds is 0. The van der Waals surface area contributed by atoms with Gasteiger partial charge in [0.05, 0.1) is 0 Å². The summed E-state index contributed by atoms with van der Waals surface area (Å²) in [7, 11) is 0. The second-order valence-corrected chi connectivity index (χ2v) is 4.77. The zero-order chi connectivity index (χ0) is 11.4. The van der Waals surface area contributed by atoms with Crippen molar-refractivity contribution in [2.45, 2.75) is 25.7 Å². The second kappa shape index (κ2) is 3.13. The zero-order valence-corrected chi connectivity index (χ0v) is 9.41. The molecule has 0 N–H and O–H groups in total. The molecule has 0 saturated carbocycles. The highest BCUT2D eigenvalue weighted by Gasteiger charge is 2.31. The summed E-state index contributed by atoms with van der Waals surface area (Å²) in [5.41, 5.74) is 4.69. The summed E-state index contributed by atoms with van der Waals surface area (Å²) >= 11 is 0. The van der Waals surface area contributed by atoms with Gasteiger partial charge in [0.1, 0.15) is 0 Å². The van der Waals surface area contributed by atoms with E-state index in [1.807, 2.05) is 12.1 Å². The van der Waals surface area contributed by atoms with Crippen LogP contribution in [-0.4, -0.2) is 12.6 Å². The molecule has 3 nitrogen and oxygen atoms in total. The number of carbonyl (C=O) groups excluding carboxylic acids is 1. The van der Waals surface area contributed by atoms with Gasteiger partial charge in [0.25, 0.3) is 0 Å². The predicted molar refractivity (Wildman–Crippen MR) is 62.0 cm³/mol. The molecule has 0 unspecified atom stereocenters. The molecule has 0 atom stereocenters. The maximum absolute atomic E-state index is 11.9. The van der Waals surface area contributed by atoms with Crippen molar-refractivity contribution in [2.24, 2.45) is 0 Å². The van der Waals surface area contributed by atoms with E-state index >= 15 is 0 Å². The molecule has 0 aromatic heterocycles. The first-order chi connectivity index (χ1) is 8.33. The van der Waals surface area contributed by atoms with Crippen LogP contribution in [-0.2, 0) is 11.2 Å². The molecule has 17 heavy (non-hydrogen) atoms. The first-order valence-corrected chi connectivity index (χ1v) is 6.01. The topological polar surface area (TPSA) is 35.5 Å². The Morgan fingerprint density at radius 1 is 1.00 bits per heavy atom. The Kier molecular flexibility index (Phi) is 1.71. The molecular weight excluding hydrogens is 216 g/mol. The molecule has 3 aliphatic rings. The molecule has 86 valence electrons. The highest BCUT2D eigenvalue weighted by atomic mass is 16.7. The van der Waals surface area contributed by atoms with Crippen molar-refractivity contribution in [3.8, 4) is 11.5 Å². The number of Topliss-reactive ketones (excluding diaryl/α,β-unsaturated/α-hetero) is 1. The summed E-state index contributed by atoms with van der Waals surface area (Å²) < 4.78 is 10.8. The Balaban J connectivity index is 1.89. The van der Waals surface area contributed by atoms with Crippen molar-refractivity contribution in [3.63, 3.8) is 0 Å². The standard InChI is InChI=1S/C14H12O3/c15-12-3-1-2-9-10-6-14-13(16-7-17-14)5-8(10)4-11(9)12/h5-6H,1-4,7H2. The van der Waals surface area contributed by atoms with Gasteiger partial charge in [0.2, 0.25) is 6.79 Å². The van der Waals surface area contributed by atoms with Gasteiger partial charge < -0.3 is 9.47 Å². The third-order valence-electron chi connectivity index (χ3n) is 3.82. The number of allylic oxidation sites excluding steroid dienone is 2. The molecule has 1 aromatic carbocycles. The number of ketones is 1. The third-order valence-corrected chi connectivity index (χ3v) is 3.82. The van der Waals surface area contributed by atoms with Crippen LogP contribution < -0.4 is 9.47 Å². The van der Waals surface area contributed by atoms with Gasteiger partial charge in [-0.25, -0.2) is 0 Å². The van der Waals surface area contributed by atoms with Crippen LogP contribution in [0.2, 0.25) is 0 Å². The average molecular weight is 228 g/mol. The fourth-order valence-corrected chi connectivity index (χ4v) is 3.00. The van der Waals surface area contributed by atoms with E-state index in [1.165, 1.54) is 16.7 Å². The van der Waals surface area contributed by atoms with Crippen molar-refractivity contribution < 1.29 is 14.3 Å². The van der Waals surface area contributed by atoms with E-state index in [-0.39, 0.29) is 0 Å². The van der Waals surface area contributed by atoms with Gasteiger partial charge >= 0.3 is 0 Å². The number of carbonyl (C=O) groups is 1. The molecule has 0 saturated heterocycles. The van der Waals surface area contributed by atoms with E-state index in [1.54, 1.807) is 0 Å². The Morgan fingerprint density at radius 3 is 2.71 bits per heavy atom. The molecule has 1 aliphatic heterocycles. The minimum absolute atomic E-state index is 0.309. The molecule has 1 heterocycles. The molecule has 3 heteroatoms. The summed E-state index contributed by atoms with van der Waals surface area (Å²) in [4.78, 5) is 11.9. The Bertz CT molecular complexity index is 569. The Labute approximate surface area is 99.0 Å². The molecule has 0 fully saturated rings. The van der Waals surface area contributed by atoms with Gasteiger partial charge in [-0.15, -0.1) is 0 Å². The van der Waals surface area contributed by atoms with Gasteiger partial charge in [-0.2, -0.15) is 0 Å². The molecule has 0 amide bonds. The summed E-state index contributed by atoms with van der Waals surface area (Å²) in [6.07, 6.45) is 3.49. The number of hydrogen-bond acceptors (Lipinski definition) is 3. The van der Waals surface area contributed by atoms with Crippen molar-refractivity contribution in [2.75, 3.05) is 6.79 Å². The first-order valence-electron chi connectivity index (χ1n) is 6.01. The number of ether oxygens (including phenoxy) is 2. The summed E-state index contributed by atoms with van der Waals surface area (Å²) in [6, 6.07) is 4.07. The maximum atomic E-state index is 11.9. The highest BCUT2D eigenvalue weighted by molar-refractivity contribution is 6.07. The monoisotopic (exact) mass is 228 g/mol. The van der Waals surface area contributed by atoms with E-state index in [0.717, 1.165) is 36.3 Å². The largest absolute Gasteiger partial charge is 0.454 e. The smallest absolute Gasteiger partial charge is 0.231 e. The van der Waals surface area contributed by atoms with Crippen LogP contribution in [0.4, 0.5) is 0 Å². The van der Waals surface area contributed by atoms with Crippen molar-refractivity contribution >= 4 is 11.4 Å². The number of hydrogen-bond donors (Lipinski definition) is 0. The van der Waals surface area contributed by atoms with E-state index in [2.05, 4.69) is 0 Å². The first kappa shape index (κ1) is 9.28. The predicted octanol–water partition coefficient (Wildman–Crippen LogP) is 2.48. The van der Waals surface area contributed by atoms with Crippen LogP contribution in [0.25, 0.3) is 5.57 Å². The van der Waals surface area contributed by atoms with Gasteiger partial charge in [0, 0.05) is 18.4 Å². The molecule has 4 rings (SSSR count). The Morgan fingerprint density at radius 2 is 1.82 bits per heavy atom. The van der Waals surface area contributed by atoms with E-state index in [9.17, 15) is 4.79 Å². The third kappa shape index (κ3) is 1.19. The fraction of sp³-hybridized carbons (Fsp3) is 0.357. The van der Waals surface area contributed by atoms with Crippen molar-refractivity contribution in [1.82, 2.24) is 0 Å². The van der Waals surface area contributed by atoms with Gasteiger partial charge in [-0.3, -0.25) is 4.79 Å². The van der Waals surface area contributed by atoms with Gasteiger partial charge in [-0.05, 0) is 41.7 Å². The second-order valence-electron chi connectivity index (χ2n) is 4.77. The van der Waals surface area contributed by atoms with Crippen LogP contribution in [0, 0.1) is 0 Å². The van der Waals surface area contributed by atoms with E-state index in [0.29, 0.717) is 19.0 Å². The average Bonchev–Trinajstić information content (AvgIpc) is 2.90. The zero-order valence-electron chi connectivity index (χ0n) is 9.41. The van der Waals surface area contributed by atoms with Gasteiger partial charge in [0.15, 0.2) is 17.3 Å². The number of fused-ring (bicyclic) bond motifs is 3. The molecule has 0 bridgehead atoms. The Hall–Kier alpha value is -1.77. The minimum atomic E-state index is 0.309. The van der Waals surface area contributed by atoms with Crippen LogP contribution in [0.1, 0.15) is 30.4 Å².